The number of nitrogens with zero attached hydrogens (tertiary/aromatic N) is 3. The van der Waals surface area contributed by atoms with Gasteiger partial charge in [0.05, 0.1) is 18.0 Å². The van der Waals surface area contributed by atoms with Crippen molar-refractivity contribution in [3.8, 4) is 0 Å². The number of carbonyl (C=O) groups excluding carboxylic acids is 1. The quantitative estimate of drug-likeness (QED) is 0.593. The highest BCUT2D eigenvalue weighted by atomic mass is 32.2. The summed E-state index contributed by atoms with van der Waals surface area (Å²) in [7, 11) is 1.39. The Kier molecular flexibility index (Phi) is 6.02. The molecular weight excluding hydrogens is 394 g/mol. The van der Waals surface area contributed by atoms with Gasteiger partial charge in [-0.2, -0.15) is 0 Å². The molecule has 0 N–H and O–H groups in total. The Morgan fingerprint density at radius 2 is 1.75 bits per heavy atom. The lowest BCUT2D eigenvalue weighted by molar-refractivity contribution is 0.0728. The highest BCUT2D eigenvalue weighted by molar-refractivity contribution is 7.89. The van der Waals surface area contributed by atoms with Crippen LogP contribution in [0.2, 0.25) is 0 Å². The molecule has 2 aromatic heterocycles. The van der Waals surface area contributed by atoms with E-state index in [1.165, 1.54) is 26.2 Å². The number of amides is 1. The molecule has 3 rings (SSSR count). The maximum atomic E-state index is 13.2. The van der Waals surface area contributed by atoms with Gasteiger partial charge in [-0.25, -0.2) is 12.7 Å². The molecule has 0 unspecified atom stereocenters. The van der Waals surface area contributed by atoms with Crippen LogP contribution < -0.4 is 0 Å². The zero-order valence-electron chi connectivity index (χ0n) is 16.1. The summed E-state index contributed by atoms with van der Waals surface area (Å²) in [4.78, 5) is 16.2. The molecular formula is C20H23N3O3S2. The Morgan fingerprint density at radius 3 is 2.29 bits per heavy atom. The van der Waals surface area contributed by atoms with Crippen molar-refractivity contribution in [1.29, 1.82) is 0 Å². The summed E-state index contributed by atoms with van der Waals surface area (Å²) in [6.07, 6.45) is 1.95. The third kappa shape index (κ3) is 4.35. The minimum atomic E-state index is -3.52. The largest absolute Gasteiger partial charge is 0.353 e. The first-order chi connectivity index (χ1) is 13.3. The molecule has 8 heteroatoms. The molecule has 0 aliphatic rings. The van der Waals surface area contributed by atoms with Crippen LogP contribution in [0, 0.1) is 0 Å². The van der Waals surface area contributed by atoms with E-state index in [4.69, 9.17) is 0 Å². The molecule has 0 bridgehead atoms. The van der Waals surface area contributed by atoms with Gasteiger partial charge < -0.3 is 9.47 Å². The molecule has 3 aromatic rings. The third-order valence-corrected chi connectivity index (χ3v) is 7.19. The molecule has 0 spiro atoms. The molecule has 148 valence electrons. The van der Waals surface area contributed by atoms with Crippen molar-refractivity contribution in [2.24, 2.45) is 7.05 Å². The van der Waals surface area contributed by atoms with E-state index < -0.39 is 10.0 Å². The molecule has 0 atom stereocenters. The molecule has 1 amide bonds. The van der Waals surface area contributed by atoms with E-state index in [1.54, 1.807) is 28.4 Å². The van der Waals surface area contributed by atoms with Gasteiger partial charge in [0.25, 0.3) is 5.91 Å². The summed E-state index contributed by atoms with van der Waals surface area (Å²) >= 11 is 1.60. The second kappa shape index (κ2) is 8.30. The van der Waals surface area contributed by atoms with Crippen LogP contribution in [0.3, 0.4) is 0 Å². The molecule has 6 nitrogen and oxygen atoms in total. The maximum absolute atomic E-state index is 13.2. The summed E-state index contributed by atoms with van der Waals surface area (Å²) < 4.78 is 27.6. The molecule has 1 aromatic carbocycles. The zero-order chi connectivity index (χ0) is 20.3. The Bertz CT molecular complexity index is 1040. The van der Waals surface area contributed by atoms with E-state index >= 15 is 0 Å². The number of thiophene rings is 1. The first-order valence-electron chi connectivity index (χ1n) is 8.73. The second-order valence-corrected chi connectivity index (χ2v) is 9.85. The van der Waals surface area contributed by atoms with Crippen LogP contribution in [0.4, 0.5) is 0 Å². The molecule has 28 heavy (non-hydrogen) atoms. The number of benzene rings is 1. The van der Waals surface area contributed by atoms with Crippen molar-refractivity contribution in [1.82, 2.24) is 13.8 Å². The van der Waals surface area contributed by atoms with Crippen molar-refractivity contribution >= 4 is 27.3 Å². The highest BCUT2D eigenvalue weighted by Gasteiger charge is 2.21. The van der Waals surface area contributed by atoms with Crippen LogP contribution in [-0.2, 0) is 30.2 Å². The summed E-state index contributed by atoms with van der Waals surface area (Å²) in [5.41, 5.74) is 1.49. The van der Waals surface area contributed by atoms with Crippen molar-refractivity contribution in [2.45, 2.75) is 18.0 Å². The van der Waals surface area contributed by atoms with Crippen LogP contribution >= 0.6 is 11.3 Å². The van der Waals surface area contributed by atoms with Crippen molar-refractivity contribution in [3.05, 3.63) is 76.2 Å². The van der Waals surface area contributed by atoms with Crippen LogP contribution in [0.5, 0.6) is 0 Å². The summed E-state index contributed by atoms with van der Waals surface area (Å²) in [6, 6.07) is 14.0. The van der Waals surface area contributed by atoms with Gasteiger partial charge in [0.15, 0.2) is 0 Å². The summed E-state index contributed by atoms with van der Waals surface area (Å²) in [5.74, 6) is -0.136. The van der Waals surface area contributed by atoms with Gasteiger partial charge >= 0.3 is 0 Å². The first kappa shape index (κ1) is 20.3. The molecule has 0 saturated carbocycles. The predicted octanol–water partition coefficient (Wildman–Crippen LogP) is 3.18. The van der Waals surface area contributed by atoms with Gasteiger partial charge in [0, 0.05) is 43.5 Å². The van der Waals surface area contributed by atoms with Crippen LogP contribution in [-0.4, -0.2) is 42.2 Å². The topological polar surface area (TPSA) is 62.6 Å². The van der Waals surface area contributed by atoms with Crippen molar-refractivity contribution in [2.75, 3.05) is 14.1 Å². The minimum Gasteiger partial charge on any atom is -0.353 e. The third-order valence-electron chi connectivity index (χ3n) is 4.50. The van der Waals surface area contributed by atoms with E-state index in [2.05, 4.69) is 0 Å². The fourth-order valence-corrected chi connectivity index (χ4v) is 4.43. The second-order valence-electron chi connectivity index (χ2n) is 6.66. The van der Waals surface area contributed by atoms with Gasteiger partial charge in [0.1, 0.15) is 0 Å². The fraction of sp³-hybridized carbons (Fsp3) is 0.250. The number of sulfonamides is 1. The smallest absolute Gasteiger partial charge is 0.254 e. The van der Waals surface area contributed by atoms with Gasteiger partial charge in [-0.1, -0.05) is 6.07 Å². The number of rotatable bonds is 7. The van der Waals surface area contributed by atoms with Gasteiger partial charge in [0.2, 0.25) is 10.0 Å². The van der Waals surface area contributed by atoms with E-state index in [1.807, 2.05) is 47.5 Å². The molecule has 2 heterocycles. The Morgan fingerprint density at radius 1 is 1.04 bits per heavy atom. The summed E-state index contributed by atoms with van der Waals surface area (Å²) in [6.45, 7) is 0.970. The molecule has 0 aliphatic carbocycles. The minimum absolute atomic E-state index is 0.136. The van der Waals surface area contributed by atoms with E-state index in [9.17, 15) is 13.2 Å². The van der Waals surface area contributed by atoms with Crippen LogP contribution in [0.1, 0.15) is 20.9 Å². The fourth-order valence-electron chi connectivity index (χ4n) is 2.81. The number of aromatic nitrogens is 1. The normalized spacial score (nSPS) is 11.7. The SMILES string of the molecule is CN(C)S(=O)(=O)c1ccc(C(=O)N(Cc2cccs2)Cc2cccn2C)cc1. The molecule has 0 aliphatic heterocycles. The van der Waals surface area contributed by atoms with E-state index in [-0.39, 0.29) is 10.8 Å². The van der Waals surface area contributed by atoms with Crippen molar-refractivity contribution in [3.63, 3.8) is 0 Å². The maximum Gasteiger partial charge on any atom is 0.254 e. The average Bonchev–Trinajstić information content (AvgIpc) is 3.32. The summed E-state index contributed by atoms with van der Waals surface area (Å²) in [5, 5.41) is 1.99. The molecule has 0 radical (unpaired) electrons. The number of hydrogen-bond acceptors (Lipinski definition) is 4. The number of hydrogen-bond donors (Lipinski definition) is 0. The molecule has 0 saturated heterocycles. The first-order valence-corrected chi connectivity index (χ1v) is 11.1. The van der Waals surface area contributed by atoms with Crippen LogP contribution in [0.15, 0.2) is 65.0 Å². The lowest BCUT2D eigenvalue weighted by Gasteiger charge is -2.23. The number of carbonyl (C=O) groups is 1. The monoisotopic (exact) mass is 417 g/mol. The Hall–Kier alpha value is -2.42. The Balaban J connectivity index is 1.87. The lowest BCUT2D eigenvalue weighted by Crippen LogP contribution is -2.30. The average molecular weight is 418 g/mol. The Labute approximate surface area is 169 Å². The highest BCUT2D eigenvalue weighted by Crippen LogP contribution is 2.19. The van der Waals surface area contributed by atoms with Gasteiger partial charge in [-0.05, 0) is 47.8 Å². The van der Waals surface area contributed by atoms with Gasteiger partial charge in [-0.3, -0.25) is 4.79 Å². The van der Waals surface area contributed by atoms with E-state index in [0.717, 1.165) is 14.9 Å². The van der Waals surface area contributed by atoms with E-state index in [0.29, 0.717) is 18.7 Å². The lowest BCUT2D eigenvalue weighted by atomic mass is 10.2. The molecule has 0 fully saturated rings. The van der Waals surface area contributed by atoms with Gasteiger partial charge in [-0.15, -0.1) is 11.3 Å². The number of aryl methyl sites for hydroxylation is 1. The van der Waals surface area contributed by atoms with Crippen molar-refractivity contribution < 1.29 is 13.2 Å². The zero-order valence-corrected chi connectivity index (χ0v) is 17.7. The van der Waals surface area contributed by atoms with Crippen LogP contribution in [0.25, 0.3) is 0 Å². The predicted molar refractivity (Wildman–Crippen MR) is 111 cm³/mol. The standard InChI is InChI=1S/C20H23N3O3S2/c1-21(2)28(25,26)19-10-8-16(9-11-19)20(24)23(15-18-7-5-13-27-18)14-17-6-4-12-22(17)3/h4-13H,14-15H2,1-3H3.